The minimum atomic E-state index is -1.60. The summed E-state index contributed by atoms with van der Waals surface area (Å²) in [6.07, 6.45) is 0.818. The van der Waals surface area contributed by atoms with Crippen molar-refractivity contribution in [3.63, 3.8) is 0 Å². The van der Waals surface area contributed by atoms with Gasteiger partial charge >= 0.3 is 5.97 Å². The number of hydrogen-bond donors (Lipinski definition) is 0. The molecule has 0 heterocycles. The summed E-state index contributed by atoms with van der Waals surface area (Å²) in [6, 6.07) is 5.23. The number of fused-ring (bicyclic) bond motifs is 1. The van der Waals surface area contributed by atoms with Crippen LogP contribution in [0.4, 0.5) is 0 Å². The van der Waals surface area contributed by atoms with Gasteiger partial charge in [-0.05, 0) is 37.5 Å². The number of ether oxygens (including phenoxy) is 2. The van der Waals surface area contributed by atoms with Gasteiger partial charge in [-0.15, -0.1) is 0 Å². The Morgan fingerprint density at radius 1 is 1.47 bits per heavy atom. The summed E-state index contributed by atoms with van der Waals surface area (Å²) in [6.45, 7) is 1.88. The molecule has 2 rings (SSSR count). The lowest BCUT2D eigenvalue weighted by Gasteiger charge is -2.29. The van der Waals surface area contributed by atoms with E-state index in [1.54, 1.807) is 19.1 Å². The molecule has 0 fully saturated rings. The molecule has 0 amide bonds. The van der Waals surface area contributed by atoms with Gasteiger partial charge in [-0.3, -0.25) is 4.79 Å². The number of halogens is 1. The van der Waals surface area contributed by atoms with E-state index in [1.807, 2.05) is 6.07 Å². The third kappa shape index (κ3) is 2.32. The van der Waals surface area contributed by atoms with Crippen LogP contribution < -0.4 is 4.74 Å². The van der Waals surface area contributed by atoms with Crippen molar-refractivity contribution in [2.45, 2.75) is 24.6 Å². The van der Waals surface area contributed by atoms with Crippen molar-refractivity contribution in [3.8, 4) is 5.75 Å². The molecule has 0 unspecified atom stereocenters. The zero-order valence-electron chi connectivity index (χ0n) is 10.9. The highest BCUT2D eigenvalue weighted by Gasteiger charge is 2.48. The first-order chi connectivity index (χ1) is 9.02. The Kier molecular flexibility index (Phi) is 3.80. The molecule has 1 aromatic carbocycles. The Labute approximate surface area is 116 Å². The average Bonchev–Trinajstić information content (AvgIpc) is 2.43. The van der Waals surface area contributed by atoms with E-state index in [0.717, 1.165) is 5.56 Å². The second-order valence-corrected chi connectivity index (χ2v) is 5.02. The first-order valence-corrected chi connectivity index (χ1v) is 6.48. The summed E-state index contributed by atoms with van der Waals surface area (Å²) in [5.74, 6) is -0.514. The standard InChI is InChI=1S/C14H15ClO4/c1-3-19-13(17)14(15)7-6-9-4-5-10(18-2)8-11(9)12(14)16/h4-5,8H,3,6-7H2,1-2H3/t14-/m0/s1. The lowest BCUT2D eigenvalue weighted by molar-refractivity contribution is -0.145. The van der Waals surface area contributed by atoms with Crippen molar-refractivity contribution in [1.29, 1.82) is 0 Å². The van der Waals surface area contributed by atoms with Gasteiger partial charge in [0.2, 0.25) is 4.87 Å². The molecule has 0 saturated heterocycles. The molecule has 102 valence electrons. The van der Waals surface area contributed by atoms with Crippen molar-refractivity contribution >= 4 is 23.4 Å². The topological polar surface area (TPSA) is 52.6 Å². The molecule has 0 bridgehead atoms. The molecule has 0 spiro atoms. The average molecular weight is 283 g/mol. The van der Waals surface area contributed by atoms with Gasteiger partial charge in [-0.1, -0.05) is 17.7 Å². The molecular formula is C14H15ClO4. The fourth-order valence-corrected chi connectivity index (χ4v) is 2.44. The number of carbonyl (C=O) groups excluding carboxylic acids is 2. The molecule has 1 atom stereocenters. The highest BCUT2D eigenvalue weighted by Crippen LogP contribution is 2.36. The number of hydrogen-bond acceptors (Lipinski definition) is 4. The number of methoxy groups -OCH3 is 1. The highest BCUT2D eigenvalue weighted by molar-refractivity contribution is 6.48. The third-order valence-corrected chi connectivity index (χ3v) is 3.77. The summed E-state index contributed by atoms with van der Waals surface area (Å²) >= 11 is 6.21. The van der Waals surface area contributed by atoms with Gasteiger partial charge in [0.1, 0.15) is 5.75 Å². The number of Topliss-reactive ketones (excluding diaryl/α,β-unsaturated/α-hetero) is 1. The Morgan fingerprint density at radius 2 is 2.21 bits per heavy atom. The number of ketones is 1. The van der Waals surface area contributed by atoms with Crippen molar-refractivity contribution in [3.05, 3.63) is 29.3 Å². The predicted molar refractivity (Wildman–Crippen MR) is 70.9 cm³/mol. The molecule has 0 aliphatic heterocycles. The zero-order chi connectivity index (χ0) is 14.0. The first kappa shape index (κ1) is 13.9. The number of esters is 1. The molecule has 1 aromatic rings. The smallest absolute Gasteiger partial charge is 0.335 e. The summed E-state index contributed by atoms with van der Waals surface area (Å²) in [5, 5.41) is 0. The number of benzene rings is 1. The van der Waals surface area contributed by atoms with Gasteiger partial charge in [0.25, 0.3) is 0 Å². The van der Waals surface area contributed by atoms with Crippen LogP contribution >= 0.6 is 11.6 Å². The minimum absolute atomic E-state index is 0.200. The lowest BCUT2D eigenvalue weighted by Crippen LogP contribution is -2.45. The van der Waals surface area contributed by atoms with Gasteiger partial charge in [-0.25, -0.2) is 4.79 Å². The lowest BCUT2D eigenvalue weighted by atomic mass is 9.82. The second-order valence-electron chi connectivity index (χ2n) is 4.37. The minimum Gasteiger partial charge on any atom is -0.497 e. The number of carbonyl (C=O) groups is 2. The first-order valence-electron chi connectivity index (χ1n) is 6.10. The van der Waals surface area contributed by atoms with Crippen LogP contribution in [-0.4, -0.2) is 30.3 Å². The number of rotatable bonds is 3. The molecule has 0 N–H and O–H groups in total. The summed E-state index contributed by atoms with van der Waals surface area (Å²) in [5.41, 5.74) is 1.32. The van der Waals surface area contributed by atoms with E-state index in [0.29, 0.717) is 17.7 Å². The zero-order valence-corrected chi connectivity index (χ0v) is 11.6. The molecule has 4 nitrogen and oxygen atoms in total. The van der Waals surface area contributed by atoms with E-state index >= 15 is 0 Å². The quantitative estimate of drug-likeness (QED) is 0.485. The summed E-state index contributed by atoms with van der Waals surface area (Å²) in [4.78, 5) is 22.7. The molecule has 0 radical (unpaired) electrons. The molecule has 5 heteroatoms. The van der Waals surface area contributed by atoms with Gasteiger partial charge < -0.3 is 9.47 Å². The van der Waals surface area contributed by atoms with Crippen molar-refractivity contribution in [2.24, 2.45) is 0 Å². The van der Waals surface area contributed by atoms with Gasteiger partial charge in [-0.2, -0.15) is 0 Å². The van der Waals surface area contributed by atoms with Crippen LogP contribution in [0, 0.1) is 0 Å². The molecule has 19 heavy (non-hydrogen) atoms. The molecule has 0 aromatic heterocycles. The largest absolute Gasteiger partial charge is 0.497 e. The van der Waals surface area contributed by atoms with E-state index in [2.05, 4.69) is 0 Å². The van der Waals surface area contributed by atoms with Gasteiger partial charge in [0.15, 0.2) is 5.78 Å². The molecule has 1 aliphatic rings. The predicted octanol–water partition coefficient (Wildman–Crippen LogP) is 2.36. The Hall–Kier alpha value is -1.55. The maximum atomic E-state index is 12.4. The van der Waals surface area contributed by atoms with Crippen LogP contribution in [-0.2, 0) is 16.0 Å². The van der Waals surface area contributed by atoms with E-state index < -0.39 is 16.6 Å². The normalized spacial score (nSPS) is 21.7. The maximum Gasteiger partial charge on any atom is 0.335 e. The van der Waals surface area contributed by atoms with E-state index in [1.165, 1.54) is 7.11 Å². The van der Waals surface area contributed by atoms with Crippen LogP contribution in [0.5, 0.6) is 5.75 Å². The Bertz CT molecular complexity index is 526. The van der Waals surface area contributed by atoms with Crippen molar-refractivity contribution in [1.82, 2.24) is 0 Å². The molecule has 1 aliphatic carbocycles. The third-order valence-electron chi connectivity index (χ3n) is 3.26. The van der Waals surface area contributed by atoms with E-state index in [9.17, 15) is 9.59 Å². The van der Waals surface area contributed by atoms with Crippen molar-refractivity contribution < 1.29 is 19.1 Å². The van der Waals surface area contributed by atoms with Gasteiger partial charge in [0.05, 0.1) is 13.7 Å². The van der Waals surface area contributed by atoms with Crippen molar-refractivity contribution in [2.75, 3.05) is 13.7 Å². The summed E-state index contributed by atoms with van der Waals surface area (Å²) < 4.78 is 10.00. The SMILES string of the molecule is CCOC(=O)[C@]1(Cl)CCc2ccc(OC)cc2C1=O. The fraction of sp³-hybridized carbons (Fsp3) is 0.429. The van der Waals surface area contributed by atoms with E-state index in [4.69, 9.17) is 21.1 Å². The van der Waals surface area contributed by atoms with Crippen LogP contribution in [0.1, 0.15) is 29.3 Å². The number of alkyl halides is 1. The van der Waals surface area contributed by atoms with Crippen LogP contribution in [0.3, 0.4) is 0 Å². The maximum absolute atomic E-state index is 12.4. The molecule has 0 saturated carbocycles. The highest BCUT2D eigenvalue weighted by atomic mass is 35.5. The Balaban J connectivity index is 2.40. The second kappa shape index (κ2) is 5.21. The van der Waals surface area contributed by atoms with E-state index in [-0.39, 0.29) is 13.0 Å². The Morgan fingerprint density at radius 3 is 2.84 bits per heavy atom. The monoisotopic (exact) mass is 282 g/mol. The summed E-state index contributed by atoms with van der Waals surface area (Å²) in [7, 11) is 1.52. The number of aryl methyl sites for hydroxylation is 1. The fourth-order valence-electron chi connectivity index (χ4n) is 2.19. The van der Waals surface area contributed by atoms with Crippen LogP contribution in [0.2, 0.25) is 0 Å². The molecular weight excluding hydrogens is 268 g/mol. The van der Waals surface area contributed by atoms with Crippen LogP contribution in [0.15, 0.2) is 18.2 Å². The van der Waals surface area contributed by atoms with Crippen LogP contribution in [0.25, 0.3) is 0 Å². The van der Waals surface area contributed by atoms with Gasteiger partial charge in [0, 0.05) is 5.56 Å².